The third kappa shape index (κ3) is 3.56. The molecule has 1 fully saturated rings. The van der Waals surface area contributed by atoms with E-state index in [0.29, 0.717) is 6.54 Å². The molecule has 0 atom stereocenters. The Morgan fingerprint density at radius 2 is 1.80 bits per heavy atom. The van der Waals surface area contributed by atoms with Gasteiger partial charge in [0.15, 0.2) is 0 Å². The molecule has 1 saturated heterocycles. The number of hydrogen-bond acceptors (Lipinski definition) is 5. The molecule has 20 heavy (non-hydrogen) atoms. The average Bonchev–Trinajstić information content (AvgIpc) is 2.44. The molecular formula is C13H23N5O2. The fourth-order valence-corrected chi connectivity index (χ4v) is 2.38. The van der Waals surface area contributed by atoms with E-state index < -0.39 is 0 Å². The van der Waals surface area contributed by atoms with Gasteiger partial charge in [0.25, 0.3) is 5.56 Å². The van der Waals surface area contributed by atoms with Crippen LogP contribution in [0.4, 0.5) is 0 Å². The zero-order chi connectivity index (χ0) is 14.5. The molecule has 0 spiro atoms. The van der Waals surface area contributed by atoms with Gasteiger partial charge in [-0.1, -0.05) is 0 Å². The number of piperazine rings is 1. The van der Waals surface area contributed by atoms with Crippen LogP contribution in [0.25, 0.3) is 0 Å². The van der Waals surface area contributed by atoms with E-state index >= 15 is 0 Å². The fraction of sp³-hybridized carbons (Fsp3) is 0.692. The van der Waals surface area contributed by atoms with E-state index in [4.69, 9.17) is 5.73 Å². The molecule has 0 bridgehead atoms. The van der Waals surface area contributed by atoms with Gasteiger partial charge in [0.05, 0.1) is 0 Å². The Bertz CT molecular complexity index is 542. The van der Waals surface area contributed by atoms with Crippen LogP contribution in [-0.2, 0) is 13.1 Å². The third-order valence-electron chi connectivity index (χ3n) is 3.75. The smallest absolute Gasteiger partial charge is 0.329 e. The Morgan fingerprint density at radius 3 is 2.45 bits per heavy atom. The van der Waals surface area contributed by atoms with Crippen molar-refractivity contribution in [3.05, 3.63) is 33.1 Å². The van der Waals surface area contributed by atoms with Crippen LogP contribution in [-0.4, -0.2) is 65.3 Å². The van der Waals surface area contributed by atoms with Crippen molar-refractivity contribution in [2.75, 3.05) is 46.3 Å². The van der Waals surface area contributed by atoms with E-state index in [1.165, 1.54) is 10.6 Å². The van der Waals surface area contributed by atoms with Crippen molar-refractivity contribution in [1.29, 1.82) is 0 Å². The summed E-state index contributed by atoms with van der Waals surface area (Å²) < 4.78 is 2.79. The van der Waals surface area contributed by atoms with Gasteiger partial charge in [-0.25, -0.2) is 4.79 Å². The van der Waals surface area contributed by atoms with Gasteiger partial charge in [-0.15, -0.1) is 0 Å². The summed E-state index contributed by atoms with van der Waals surface area (Å²) in [6.45, 7) is 6.15. The van der Waals surface area contributed by atoms with Crippen molar-refractivity contribution >= 4 is 0 Å². The highest BCUT2D eigenvalue weighted by Gasteiger charge is 2.13. The highest BCUT2D eigenvalue weighted by atomic mass is 16.2. The molecule has 1 aliphatic rings. The van der Waals surface area contributed by atoms with Gasteiger partial charge in [-0.05, 0) is 7.05 Å². The molecule has 2 heterocycles. The number of nitrogens with two attached hydrogens (primary N) is 1. The second-order valence-electron chi connectivity index (χ2n) is 5.22. The van der Waals surface area contributed by atoms with Crippen molar-refractivity contribution in [3.8, 4) is 0 Å². The summed E-state index contributed by atoms with van der Waals surface area (Å²) in [6, 6.07) is 1.43. The number of aromatic nitrogens is 2. The summed E-state index contributed by atoms with van der Waals surface area (Å²) in [7, 11) is 2.12. The molecule has 7 nitrogen and oxygen atoms in total. The summed E-state index contributed by atoms with van der Waals surface area (Å²) in [5, 5.41) is 0. The van der Waals surface area contributed by atoms with Gasteiger partial charge in [0.1, 0.15) is 0 Å². The molecule has 0 radical (unpaired) electrons. The number of rotatable bonds is 5. The van der Waals surface area contributed by atoms with Gasteiger partial charge in [0.2, 0.25) is 0 Å². The SMILES string of the molecule is CN1CCN(CCn2ccc(=O)n(CCN)c2=O)CC1. The average molecular weight is 281 g/mol. The zero-order valence-corrected chi connectivity index (χ0v) is 12.0. The minimum atomic E-state index is -0.281. The quantitative estimate of drug-likeness (QED) is 0.690. The first-order valence-electron chi connectivity index (χ1n) is 7.03. The summed E-state index contributed by atoms with van der Waals surface area (Å²) >= 11 is 0. The second kappa shape index (κ2) is 6.83. The van der Waals surface area contributed by atoms with Crippen LogP contribution in [0.1, 0.15) is 0 Å². The molecule has 0 amide bonds. The molecule has 112 valence electrons. The Kier molecular flexibility index (Phi) is 5.11. The van der Waals surface area contributed by atoms with Crippen LogP contribution in [0.3, 0.4) is 0 Å². The summed E-state index contributed by atoms with van der Waals surface area (Å²) in [5.41, 5.74) is 4.88. The molecular weight excluding hydrogens is 258 g/mol. The number of likely N-dealkylation sites (N-methyl/N-ethyl adjacent to an activating group) is 1. The van der Waals surface area contributed by atoms with Crippen molar-refractivity contribution < 1.29 is 0 Å². The first-order chi connectivity index (χ1) is 9.61. The molecule has 7 heteroatoms. The lowest BCUT2D eigenvalue weighted by molar-refractivity contribution is 0.149. The summed E-state index contributed by atoms with van der Waals surface area (Å²) in [5.74, 6) is 0. The Labute approximate surface area is 118 Å². The highest BCUT2D eigenvalue weighted by Crippen LogP contribution is 1.98. The summed E-state index contributed by atoms with van der Waals surface area (Å²) in [4.78, 5) is 28.4. The van der Waals surface area contributed by atoms with E-state index in [0.717, 1.165) is 32.7 Å². The van der Waals surface area contributed by atoms with Gasteiger partial charge < -0.3 is 10.6 Å². The molecule has 2 rings (SSSR count). The van der Waals surface area contributed by atoms with E-state index in [-0.39, 0.29) is 24.3 Å². The fourth-order valence-electron chi connectivity index (χ4n) is 2.38. The van der Waals surface area contributed by atoms with E-state index in [1.807, 2.05) is 0 Å². The van der Waals surface area contributed by atoms with Gasteiger partial charge in [-0.3, -0.25) is 18.8 Å². The van der Waals surface area contributed by atoms with Crippen molar-refractivity contribution in [2.45, 2.75) is 13.1 Å². The summed E-state index contributed by atoms with van der Waals surface area (Å²) in [6.07, 6.45) is 1.58. The van der Waals surface area contributed by atoms with E-state index in [9.17, 15) is 9.59 Å². The molecule has 1 aliphatic heterocycles. The first kappa shape index (κ1) is 15.0. The lowest BCUT2D eigenvalue weighted by Gasteiger charge is -2.32. The topological polar surface area (TPSA) is 76.5 Å². The van der Waals surface area contributed by atoms with Crippen molar-refractivity contribution in [1.82, 2.24) is 18.9 Å². The molecule has 0 aromatic carbocycles. The van der Waals surface area contributed by atoms with Crippen molar-refractivity contribution in [2.24, 2.45) is 5.73 Å². The van der Waals surface area contributed by atoms with Crippen LogP contribution in [0, 0.1) is 0 Å². The van der Waals surface area contributed by atoms with Crippen LogP contribution < -0.4 is 17.0 Å². The maximum atomic E-state index is 12.1. The zero-order valence-electron chi connectivity index (χ0n) is 12.0. The Hall–Kier alpha value is -1.44. The van der Waals surface area contributed by atoms with Crippen LogP contribution >= 0.6 is 0 Å². The van der Waals surface area contributed by atoms with Crippen LogP contribution in [0.15, 0.2) is 21.9 Å². The Morgan fingerprint density at radius 1 is 1.10 bits per heavy atom. The molecule has 0 unspecified atom stereocenters. The van der Waals surface area contributed by atoms with Crippen molar-refractivity contribution in [3.63, 3.8) is 0 Å². The monoisotopic (exact) mass is 281 g/mol. The molecule has 1 aromatic rings. The second-order valence-corrected chi connectivity index (χ2v) is 5.22. The largest absolute Gasteiger partial charge is 0.331 e. The van der Waals surface area contributed by atoms with Crippen LogP contribution in [0.2, 0.25) is 0 Å². The normalized spacial score (nSPS) is 17.5. The first-order valence-corrected chi connectivity index (χ1v) is 7.03. The molecule has 0 saturated carbocycles. The lowest BCUT2D eigenvalue weighted by atomic mass is 10.3. The van der Waals surface area contributed by atoms with Gasteiger partial charge in [-0.2, -0.15) is 0 Å². The predicted octanol–water partition coefficient (Wildman–Crippen LogP) is -1.78. The van der Waals surface area contributed by atoms with Gasteiger partial charge in [0, 0.05) is 64.6 Å². The van der Waals surface area contributed by atoms with E-state index in [2.05, 4.69) is 16.8 Å². The Balaban J connectivity index is 2.01. The number of hydrogen-bond donors (Lipinski definition) is 1. The standard InChI is InChI=1S/C13H23N5O2/c1-15-6-8-16(9-7-15)10-11-17-4-2-12(19)18(5-3-14)13(17)20/h2,4H,3,5-11,14H2,1H3. The molecule has 0 aliphatic carbocycles. The third-order valence-corrected chi connectivity index (χ3v) is 3.75. The van der Waals surface area contributed by atoms with Gasteiger partial charge >= 0.3 is 5.69 Å². The highest BCUT2D eigenvalue weighted by molar-refractivity contribution is 4.87. The number of nitrogens with zero attached hydrogens (tertiary/aromatic N) is 4. The minimum absolute atomic E-state index is 0.267. The lowest BCUT2D eigenvalue weighted by Crippen LogP contribution is -2.47. The maximum Gasteiger partial charge on any atom is 0.331 e. The molecule has 1 aromatic heterocycles. The van der Waals surface area contributed by atoms with Crippen LogP contribution in [0.5, 0.6) is 0 Å². The predicted molar refractivity (Wildman–Crippen MR) is 78.0 cm³/mol. The minimum Gasteiger partial charge on any atom is -0.329 e. The maximum absolute atomic E-state index is 12.1. The van der Waals surface area contributed by atoms with E-state index in [1.54, 1.807) is 10.8 Å². The molecule has 2 N–H and O–H groups in total.